The maximum atomic E-state index is 10.9. The monoisotopic (exact) mass is 188 g/mol. The lowest BCUT2D eigenvalue weighted by Gasteiger charge is -1.93. The van der Waals surface area contributed by atoms with Crippen LogP contribution in [0.5, 0.6) is 0 Å². The lowest BCUT2D eigenvalue weighted by molar-refractivity contribution is 0.101. The lowest BCUT2D eigenvalue weighted by atomic mass is 10.2. The number of ketones is 1. The van der Waals surface area contributed by atoms with Gasteiger partial charge in [0.05, 0.1) is 0 Å². The molecular weight excluding hydrogens is 176 g/mol. The van der Waals surface area contributed by atoms with Crippen LogP contribution < -0.4 is 5.73 Å². The van der Waals surface area contributed by atoms with Crippen LogP contribution in [-0.2, 0) is 0 Å². The average Bonchev–Trinajstić information content (AvgIpc) is 2.19. The number of nitrogens with zero attached hydrogens (tertiary/aromatic N) is 1. The Labute approximate surface area is 83.3 Å². The molecule has 0 aliphatic heterocycles. The number of hydrogen-bond donors (Lipinski definition) is 1. The normalized spacial score (nSPS) is 9.00. The van der Waals surface area contributed by atoms with Crippen molar-refractivity contribution in [2.45, 2.75) is 13.3 Å². The minimum Gasteiger partial charge on any atom is -0.330 e. The first kappa shape index (κ1) is 10.4. The average molecular weight is 188 g/mol. The number of nitrogens with two attached hydrogens (primary N) is 1. The molecule has 0 aliphatic rings. The molecule has 0 aromatic carbocycles. The summed E-state index contributed by atoms with van der Waals surface area (Å²) in [5.74, 6) is 5.75. The molecule has 14 heavy (non-hydrogen) atoms. The van der Waals surface area contributed by atoms with Crippen molar-refractivity contribution in [2.75, 3.05) is 6.54 Å². The molecule has 0 unspecified atom stereocenters. The van der Waals surface area contributed by atoms with Crippen molar-refractivity contribution in [3.8, 4) is 11.8 Å². The largest absolute Gasteiger partial charge is 0.330 e. The Kier molecular flexibility index (Phi) is 3.84. The quantitative estimate of drug-likeness (QED) is 0.556. The Morgan fingerprint density at radius 1 is 1.57 bits per heavy atom. The molecule has 0 spiro atoms. The highest BCUT2D eigenvalue weighted by molar-refractivity contribution is 5.93. The van der Waals surface area contributed by atoms with E-state index < -0.39 is 0 Å². The third kappa shape index (κ3) is 3.00. The van der Waals surface area contributed by atoms with Crippen LogP contribution in [0.3, 0.4) is 0 Å². The number of aromatic nitrogens is 1. The number of hydrogen-bond acceptors (Lipinski definition) is 3. The molecule has 0 saturated carbocycles. The van der Waals surface area contributed by atoms with E-state index in [2.05, 4.69) is 16.8 Å². The molecule has 0 amide bonds. The van der Waals surface area contributed by atoms with Gasteiger partial charge in [0.1, 0.15) is 5.69 Å². The van der Waals surface area contributed by atoms with E-state index in [0.717, 1.165) is 0 Å². The van der Waals surface area contributed by atoms with Crippen LogP contribution >= 0.6 is 0 Å². The van der Waals surface area contributed by atoms with Gasteiger partial charge in [0.2, 0.25) is 0 Å². The van der Waals surface area contributed by atoms with E-state index in [9.17, 15) is 4.79 Å². The predicted molar refractivity (Wildman–Crippen MR) is 54.8 cm³/mol. The summed E-state index contributed by atoms with van der Waals surface area (Å²) in [4.78, 5) is 15.0. The topological polar surface area (TPSA) is 56.0 Å². The van der Waals surface area contributed by atoms with Crippen LogP contribution in [0.2, 0.25) is 0 Å². The second-order valence-corrected chi connectivity index (χ2v) is 2.83. The van der Waals surface area contributed by atoms with Gasteiger partial charge >= 0.3 is 0 Å². The van der Waals surface area contributed by atoms with Gasteiger partial charge in [0.25, 0.3) is 0 Å². The van der Waals surface area contributed by atoms with Crippen LogP contribution in [0.1, 0.15) is 29.4 Å². The molecule has 0 fully saturated rings. The second kappa shape index (κ2) is 5.15. The van der Waals surface area contributed by atoms with Crippen molar-refractivity contribution < 1.29 is 4.79 Å². The van der Waals surface area contributed by atoms with Gasteiger partial charge in [-0.1, -0.05) is 5.92 Å². The zero-order valence-corrected chi connectivity index (χ0v) is 8.08. The van der Waals surface area contributed by atoms with Gasteiger partial charge in [0, 0.05) is 24.7 Å². The number of pyridine rings is 1. The van der Waals surface area contributed by atoms with Crippen LogP contribution in [0, 0.1) is 11.8 Å². The first-order chi connectivity index (χ1) is 6.74. The fourth-order valence-electron chi connectivity index (χ4n) is 0.901. The SMILES string of the molecule is CC(=O)c1ccc(C#CCCN)nc1. The standard InChI is InChI=1S/C11H12N2O/c1-9(14)10-5-6-11(13-8-10)4-2-3-7-12/h5-6,8H,3,7,12H2,1H3. The van der Waals surface area contributed by atoms with E-state index >= 15 is 0 Å². The molecule has 0 atom stereocenters. The minimum atomic E-state index is 0.0129. The van der Waals surface area contributed by atoms with E-state index in [4.69, 9.17) is 5.73 Å². The summed E-state index contributed by atoms with van der Waals surface area (Å²) in [5, 5.41) is 0. The summed E-state index contributed by atoms with van der Waals surface area (Å²) < 4.78 is 0. The van der Waals surface area contributed by atoms with Crippen molar-refractivity contribution in [3.05, 3.63) is 29.6 Å². The van der Waals surface area contributed by atoms with Gasteiger partial charge in [-0.15, -0.1) is 0 Å². The summed E-state index contributed by atoms with van der Waals surface area (Å²) in [6, 6.07) is 3.46. The van der Waals surface area contributed by atoms with Crippen molar-refractivity contribution >= 4 is 5.78 Å². The van der Waals surface area contributed by atoms with Crippen molar-refractivity contribution in [3.63, 3.8) is 0 Å². The maximum absolute atomic E-state index is 10.9. The third-order valence-corrected chi connectivity index (χ3v) is 1.66. The molecule has 1 aromatic rings. The second-order valence-electron chi connectivity index (χ2n) is 2.83. The third-order valence-electron chi connectivity index (χ3n) is 1.66. The van der Waals surface area contributed by atoms with E-state index in [1.165, 1.54) is 13.1 Å². The Balaban J connectivity index is 2.75. The Morgan fingerprint density at radius 2 is 2.36 bits per heavy atom. The Hall–Kier alpha value is -1.66. The zero-order valence-electron chi connectivity index (χ0n) is 8.08. The molecule has 0 aliphatic carbocycles. The van der Waals surface area contributed by atoms with Gasteiger partial charge in [-0.25, -0.2) is 4.98 Å². The Bertz CT molecular complexity index is 371. The van der Waals surface area contributed by atoms with E-state index in [0.29, 0.717) is 24.2 Å². The minimum absolute atomic E-state index is 0.0129. The van der Waals surface area contributed by atoms with Crippen LogP contribution in [0.25, 0.3) is 0 Å². The summed E-state index contributed by atoms with van der Waals surface area (Å²) in [7, 11) is 0. The molecular formula is C11H12N2O. The fourth-order valence-corrected chi connectivity index (χ4v) is 0.901. The molecule has 0 bridgehead atoms. The van der Waals surface area contributed by atoms with Crippen molar-refractivity contribution in [2.24, 2.45) is 5.73 Å². The number of carbonyl (C=O) groups excluding carboxylic acids is 1. The van der Waals surface area contributed by atoms with Crippen molar-refractivity contribution in [1.29, 1.82) is 0 Å². The first-order valence-corrected chi connectivity index (χ1v) is 4.40. The molecule has 1 heterocycles. The predicted octanol–water partition coefficient (Wildman–Crippen LogP) is 0.985. The fraction of sp³-hybridized carbons (Fsp3) is 0.273. The molecule has 0 radical (unpaired) electrons. The molecule has 1 aromatic heterocycles. The van der Waals surface area contributed by atoms with E-state index in [1.807, 2.05) is 0 Å². The van der Waals surface area contributed by atoms with Gasteiger partial charge < -0.3 is 5.73 Å². The van der Waals surface area contributed by atoms with Gasteiger partial charge in [-0.05, 0) is 25.0 Å². The number of rotatable bonds is 2. The Morgan fingerprint density at radius 3 is 2.86 bits per heavy atom. The lowest BCUT2D eigenvalue weighted by Crippen LogP contribution is -1.96. The van der Waals surface area contributed by atoms with Gasteiger partial charge in [-0.3, -0.25) is 4.79 Å². The van der Waals surface area contributed by atoms with Gasteiger partial charge in [-0.2, -0.15) is 0 Å². The summed E-state index contributed by atoms with van der Waals surface area (Å²) in [5.41, 5.74) is 6.56. The molecule has 2 N–H and O–H groups in total. The summed E-state index contributed by atoms with van der Waals surface area (Å²) >= 11 is 0. The highest BCUT2D eigenvalue weighted by Gasteiger charge is 1.97. The summed E-state index contributed by atoms with van der Waals surface area (Å²) in [6.07, 6.45) is 2.20. The van der Waals surface area contributed by atoms with Crippen LogP contribution in [0.4, 0.5) is 0 Å². The van der Waals surface area contributed by atoms with Gasteiger partial charge in [0.15, 0.2) is 5.78 Å². The molecule has 3 nitrogen and oxygen atoms in total. The molecule has 3 heteroatoms. The van der Waals surface area contributed by atoms with E-state index in [-0.39, 0.29) is 5.78 Å². The van der Waals surface area contributed by atoms with Crippen LogP contribution in [-0.4, -0.2) is 17.3 Å². The molecule has 0 saturated heterocycles. The highest BCUT2D eigenvalue weighted by Crippen LogP contribution is 1.99. The highest BCUT2D eigenvalue weighted by atomic mass is 16.1. The molecule has 72 valence electrons. The number of Topliss-reactive ketones (excluding diaryl/α,β-unsaturated/α-hetero) is 1. The smallest absolute Gasteiger partial charge is 0.161 e. The molecule has 1 rings (SSSR count). The zero-order chi connectivity index (χ0) is 10.4. The van der Waals surface area contributed by atoms with Crippen molar-refractivity contribution in [1.82, 2.24) is 4.98 Å². The first-order valence-electron chi connectivity index (χ1n) is 4.40. The maximum Gasteiger partial charge on any atom is 0.161 e. The number of carbonyl (C=O) groups is 1. The van der Waals surface area contributed by atoms with Crippen LogP contribution in [0.15, 0.2) is 18.3 Å². The van der Waals surface area contributed by atoms with E-state index in [1.54, 1.807) is 12.1 Å². The summed E-state index contributed by atoms with van der Waals surface area (Å²) in [6.45, 7) is 2.06.